The molecule has 0 aliphatic carbocycles. The zero-order valence-electron chi connectivity index (χ0n) is 53.0. The number of anilines is 2. The molecule has 2 saturated heterocycles. The van der Waals surface area contributed by atoms with Gasteiger partial charge in [0, 0.05) is 76.4 Å². The fraction of sp³-hybridized carbons (Fsp3) is 0.565. The molecule has 6 bridgehead atoms. The van der Waals surface area contributed by atoms with E-state index >= 15 is 0 Å². The number of alkyl carbamates (subject to hydrolysis) is 1. The average molecular weight is 1310 g/mol. The Kier molecular flexibility index (Phi) is 25.7. The summed E-state index contributed by atoms with van der Waals surface area (Å²) in [6.45, 7) is 10.2. The number of likely N-dealkylation sites (N-methyl/N-ethyl adjacent to an activating group) is 1. The lowest BCUT2D eigenvalue weighted by Gasteiger charge is -2.59. The van der Waals surface area contributed by atoms with E-state index in [9.17, 15) is 48.3 Å². The first-order valence-electron chi connectivity index (χ1n) is 29.8. The summed E-state index contributed by atoms with van der Waals surface area (Å²) in [5.74, 6) is -2.92. The number of aromatic nitrogens is 3. The summed E-state index contributed by atoms with van der Waals surface area (Å²) >= 11 is 10.1. The number of carbonyl (C=O) groups is 9. The van der Waals surface area contributed by atoms with Crippen LogP contribution in [0.5, 0.6) is 5.75 Å². The zero-order chi connectivity index (χ0) is 66.3. The van der Waals surface area contributed by atoms with Crippen LogP contribution in [-0.2, 0) is 83.5 Å². The number of nitrogens with two attached hydrogens (primary N) is 1. The summed E-state index contributed by atoms with van der Waals surface area (Å²) < 4.78 is 25.9. The van der Waals surface area contributed by atoms with Gasteiger partial charge in [0.2, 0.25) is 41.4 Å². The fourth-order valence-corrected chi connectivity index (χ4v) is 12.4. The van der Waals surface area contributed by atoms with Gasteiger partial charge in [0.1, 0.15) is 64.1 Å². The molecule has 8 N–H and O–H groups in total. The third-order valence-corrected chi connectivity index (χ3v) is 17.7. The molecule has 7 rings (SSSR count). The van der Waals surface area contributed by atoms with Crippen molar-refractivity contribution in [3.63, 3.8) is 0 Å². The smallest absolute Gasteiger partial charge is 0.409 e. The molecule has 28 heteroatoms. The Morgan fingerprint density at radius 3 is 2.29 bits per heavy atom. The molecule has 25 nitrogen and oxygen atoms in total. The minimum atomic E-state index is -1.67. The molecule has 1 aromatic heterocycles. The molecule has 1 unspecified atom stereocenters. The Morgan fingerprint density at radius 2 is 1.62 bits per heavy atom. The summed E-state index contributed by atoms with van der Waals surface area (Å²) in [4.78, 5) is 122. The van der Waals surface area contributed by atoms with Crippen LogP contribution in [0.2, 0.25) is 5.02 Å². The van der Waals surface area contributed by atoms with Gasteiger partial charge in [0.15, 0.2) is 0 Å². The lowest BCUT2D eigenvalue weighted by Crippen LogP contribution is -2.71. The average Bonchev–Trinajstić information content (AvgIpc) is 0.815. The van der Waals surface area contributed by atoms with Crippen LogP contribution in [0, 0.1) is 0 Å². The number of esters is 1. The van der Waals surface area contributed by atoms with Crippen molar-refractivity contribution in [2.24, 2.45) is 5.73 Å². The van der Waals surface area contributed by atoms with Gasteiger partial charge in [-0.3, -0.25) is 38.9 Å². The highest BCUT2D eigenvalue weighted by molar-refractivity contribution is 7.98. The number of amides is 8. The van der Waals surface area contributed by atoms with Crippen molar-refractivity contribution in [3.8, 4) is 5.75 Å². The van der Waals surface area contributed by atoms with E-state index in [4.69, 9.17) is 36.3 Å². The van der Waals surface area contributed by atoms with Crippen LogP contribution in [0.4, 0.5) is 16.2 Å². The third kappa shape index (κ3) is 19.4. The standard InChI is InChI=1S/C62H86ClN11O14S2/c1-36-16-12-13-26-62(84)32-49(87-59(83)69-62)61(6)35-60(5,88-61)48(31-53(78)73(8)45-29-41(28-36)30-47(85-9)54(45)63)86-58(82)39(4)72(7)52(77)19-14-17-40-20-22-42(23-21-40)67-57(81)43(24-25-50(64)75)68-56(80)38(3)66-55(79)37(2)65-51(76)18-15-27-74-46(34-90-11)44(33-89-10)70-71-74/h12-13,16,20-23,29-30,37-39,43,48-49,84H,14-15,17-19,24-28,31-35H2,1-11H3,(H2,64,75)(H,65,76)(H,66,79)(H,67,81)(H,68,80)(H,69,83)/b13-12+,36-16+/t37-,38-,39-,43-,48-,49-,60+,61?,62+/m0/s1. The maximum atomic E-state index is 14.4. The molecule has 3 aromatic rings. The second kappa shape index (κ2) is 32.2. The molecule has 9 atom stereocenters. The highest BCUT2D eigenvalue weighted by Gasteiger charge is 2.62. The van der Waals surface area contributed by atoms with Gasteiger partial charge in [0.05, 0.1) is 30.6 Å². The van der Waals surface area contributed by atoms with Gasteiger partial charge in [-0.2, -0.15) is 23.5 Å². The molecule has 5 heterocycles. The molecule has 4 aliphatic rings. The quantitative estimate of drug-likeness (QED) is 0.0484. The number of nitrogens with one attached hydrogen (secondary N) is 5. The number of benzene rings is 2. The topological polar surface area (TPSA) is 334 Å². The maximum absolute atomic E-state index is 14.4. The summed E-state index contributed by atoms with van der Waals surface area (Å²) in [5.41, 5.74) is 6.43. The van der Waals surface area contributed by atoms with Crippen LogP contribution < -0.4 is 42.0 Å². The highest BCUT2D eigenvalue weighted by Crippen LogP contribution is 2.50. The van der Waals surface area contributed by atoms with E-state index in [0.717, 1.165) is 39.6 Å². The van der Waals surface area contributed by atoms with Crippen molar-refractivity contribution in [2.45, 2.75) is 190 Å². The molecule has 8 amide bonds. The second-order valence-corrected chi connectivity index (χ2v) is 25.8. The molecule has 4 aliphatic heterocycles. The predicted molar refractivity (Wildman–Crippen MR) is 342 cm³/mol. The van der Waals surface area contributed by atoms with Crippen molar-refractivity contribution in [3.05, 3.63) is 87.7 Å². The lowest BCUT2D eigenvalue weighted by atomic mass is 9.72. The van der Waals surface area contributed by atoms with E-state index in [-0.39, 0.29) is 68.2 Å². The van der Waals surface area contributed by atoms with Crippen LogP contribution in [0.25, 0.3) is 0 Å². The number of fused-ring (bicyclic) bond motifs is 6. The minimum Gasteiger partial charge on any atom is -0.495 e. The van der Waals surface area contributed by atoms with Gasteiger partial charge in [-0.05, 0) is 122 Å². The maximum Gasteiger partial charge on any atom is 0.409 e. The first kappa shape index (κ1) is 71.9. The number of thioether (sulfide) groups is 2. The lowest BCUT2D eigenvalue weighted by molar-refractivity contribution is -0.326. The number of primary amides is 1. The Hall–Kier alpha value is -7.20. The van der Waals surface area contributed by atoms with E-state index in [2.05, 4.69) is 36.9 Å². The zero-order valence-corrected chi connectivity index (χ0v) is 55.4. The highest BCUT2D eigenvalue weighted by atomic mass is 35.5. The van der Waals surface area contributed by atoms with E-state index in [1.54, 1.807) is 97.7 Å². The Morgan fingerprint density at radius 1 is 0.944 bits per heavy atom. The van der Waals surface area contributed by atoms with E-state index in [1.807, 2.05) is 25.5 Å². The van der Waals surface area contributed by atoms with E-state index in [0.29, 0.717) is 49.4 Å². The van der Waals surface area contributed by atoms with Crippen molar-refractivity contribution >= 4 is 99.9 Å². The first-order valence-corrected chi connectivity index (χ1v) is 33.0. The van der Waals surface area contributed by atoms with Gasteiger partial charge in [0.25, 0.3) is 0 Å². The number of hydrogen-bond donors (Lipinski definition) is 7. The van der Waals surface area contributed by atoms with Gasteiger partial charge < -0.3 is 60.9 Å². The van der Waals surface area contributed by atoms with Gasteiger partial charge >= 0.3 is 12.1 Å². The van der Waals surface area contributed by atoms with Crippen molar-refractivity contribution < 1.29 is 67.2 Å². The summed E-state index contributed by atoms with van der Waals surface area (Å²) in [5, 5.41) is 33.4. The van der Waals surface area contributed by atoms with E-state index < -0.39 is 94.9 Å². The van der Waals surface area contributed by atoms with Gasteiger partial charge in [-0.15, -0.1) is 5.10 Å². The number of carbonyl (C=O) groups excluding carboxylic acids is 9. The number of halogens is 1. The van der Waals surface area contributed by atoms with E-state index in [1.165, 1.54) is 44.7 Å². The number of rotatable bonds is 26. The van der Waals surface area contributed by atoms with Crippen LogP contribution in [0.1, 0.15) is 128 Å². The minimum absolute atomic E-state index is 0.0311. The molecule has 0 spiro atoms. The van der Waals surface area contributed by atoms with Crippen LogP contribution in [0.3, 0.4) is 0 Å². The van der Waals surface area contributed by atoms with Crippen LogP contribution >= 0.6 is 35.1 Å². The molecular formula is C62H86ClN11O14S2. The van der Waals surface area contributed by atoms with Crippen molar-refractivity contribution in [2.75, 3.05) is 43.9 Å². The van der Waals surface area contributed by atoms with Crippen molar-refractivity contribution in [1.82, 2.24) is 41.2 Å². The molecule has 492 valence electrons. The first-order chi connectivity index (χ1) is 42.5. The Balaban J connectivity index is 1.02. The number of aliphatic hydroxyl groups is 1. The summed E-state index contributed by atoms with van der Waals surface area (Å²) in [6, 6.07) is 5.85. The molecule has 0 saturated carbocycles. The van der Waals surface area contributed by atoms with Gasteiger partial charge in [-0.1, -0.05) is 52.7 Å². The molecule has 90 heavy (non-hydrogen) atoms. The molecule has 2 aromatic carbocycles. The Bertz CT molecular complexity index is 3180. The summed E-state index contributed by atoms with van der Waals surface area (Å²) in [6.07, 6.45) is 7.68. The SMILES string of the molecule is COc1cc2cc(c1Cl)N(C)C(=O)C[C@H](OC(=O)[C@H](C)N(C)C(=O)CCCc1ccc(NC(=O)[C@H](CCC(N)=O)NC(=O)[C@H](C)NC(=O)[C@H](C)NC(=O)CCCn3nnc(CSC)c3CSC)cc1)[C@@]1(C)CC(C)(O1)[C@@H]1C[C@](O)(C/C=C/C=C(\C)C2)NC(=O)O1. The predicted octanol–water partition coefficient (Wildman–Crippen LogP) is 5.55. The number of methoxy groups -OCH3 is 1. The summed E-state index contributed by atoms with van der Waals surface area (Å²) in [7, 11) is 4.50. The van der Waals surface area contributed by atoms with Gasteiger partial charge in [-0.25, -0.2) is 14.3 Å². The van der Waals surface area contributed by atoms with Crippen LogP contribution in [0.15, 0.2) is 60.2 Å². The number of ether oxygens (including phenoxy) is 4. The molecular weight excluding hydrogens is 1220 g/mol. The normalized spacial score (nSPS) is 23.1. The third-order valence-electron chi connectivity index (χ3n) is 16.2. The second-order valence-electron chi connectivity index (χ2n) is 23.7. The van der Waals surface area contributed by atoms with Crippen molar-refractivity contribution in [1.29, 1.82) is 0 Å². The molecule has 0 radical (unpaired) electrons. The monoisotopic (exact) mass is 1310 g/mol. The number of allylic oxidation sites excluding steroid dienone is 3. The fourth-order valence-electron chi connectivity index (χ4n) is 11.0. The number of aryl methyl sites for hydroxylation is 2. The van der Waals surface area contributed by atoms with Crippen LogP contribution in [-0.4, -0.2) is 165 Å². The molecule has 2 fully saturated rings. The largest absolute Gasteiger partial charge is 0.495 e. The number of hydrogen-bond acceptors (Lipinski definition) is 18. The number of nitrogens with zero attached hydrogens (tertiary/aromatic N) is 5. The Labute approximate surface area is 538 Å².